The Morgan fingerprint density at radius 3 is 2.33 bits per heavy atom. The molecule has 3 fully saturated rings. The Morgan fingerprint density at radius 2 is 1.81 bits per heavy atom. The van der Waals surface area contributed by atoms with E-state index < -0.39 is 0 Å². The lowest BCUT2D eigenvalue weighted by atomic mass is 9.92. The van der Waals surface area contributed by atoms with E-state index in [0.717, 1.165) is 24.3 Å². The third kappa shape index (κ3) is 3.80. The topological polar surface area (TPSA) is 23.6 Å². The quantitative estimate of drug-likeness (QED) is 0.796. The summed E-state index contributed by atoms with van der Waals surface area (Å²) >= 11 is 0. The molecule has 3 rings (SSSR count). The number of carbonyl (C=O) groups excluding carboxylic acids is 1. The van der Waals surface area contributed by atoms with Gasteiger partial charge < -0.3 is 9.80 Å². The summed E-state index contributed by atoms with van der Waals surface area (Å²) in [5.74, 6) is 2.95. The Kier molecular flexibility index (Phi) is 6.09. The van der Waals surface area contributed by atoms with E-state index in [9.17, 15) is 4.79 Å². The van der Waals surface area contributed by atoms with E-state index >= 15 is 0 Å². The Morgan fingerprint density at radius 1 is 1.14 bits per heavy atom. The maximum Gasteiger partial charge on any atom is 0.222 e. The van der Waals surface area contributed by atoms with Gasteiger partial charge in [0.15, 0.2) is 0 Å². The van der Waals surface area contributed by atoms with Crippen LogP contribution in [0.4, 0.5) is 0 Å². The van der Waals surface area contributed by atoms with E-state index in [1.807, 2.05) is 20.8 Å². The summed E-state index contributed by atoms with van der Waals surface area (Å²) in [6.45, 7) is 13.3. The van der Waals surface area contributed by atoms with Gasteiger partial charge in [0.05, 0.1) is 0 Å². The van der Waals surface area contributed by atoms with Crippen molar-refractivity contribution in [3.8, 4) is 0 Å². The average Bonchev–Trinajstić information content (AvgIpc) is 3.11. The monoisotopic (exact) mass is 294 g/mol. The van der Waals surface area contributed by atoms with E-state index in [-0.39, 0.29) is 0 Å². The molecule has 0 aromatic carbocycles. The molecule has 122 valence electrons. The first-order valence-corrected chi connectivity index (χ1v) is 9.19. The second kappa shape index (κ2) is 7.62. The van der Waals surface area contributed by atoms with Gasteiger partial charge in [0, 0.05) is 25.6 Å². The van der Waals surface area contributed by atoms with Gasteiger partial charge >= 0.3 is 0 Å². The number of piperidine rings is 2. The minimum Gasteiger partial charge on any atom is -0.339 e. The fraction of sp³-hybridized carbons (Fsp3) is 0.944. The molecule has 0 aromatic rings. The Balaban J connectivity index is 0.000000774. The molecule has 3 aliphatic rings. The van der Waals surface area contributed by atoms with Crippen molar-refractivity contribution in [3.05, 3.63) is 0 Å². The van der Waals surface area contributed by atoms with Crippen LogP contribution in [0.5, 0.6) is 0 Å². The summed E-state index contributed by atoms with van der Waals surface area (Å²) < 4.78 is 0. The maximum atomic E-state index is 11.9. The lowest BCUT2D eigenvalue weighted by molar-refractivity contribution is -0.133. The SMILES string of the molecule is CC.CCC(=O)N1CC2CC1CC2CN1CCC(C)CC1. The molecule has 3 atom stereocenters. The molecule has 0 spiro atoms. The molecule has 1 saturated carbocycles. The van der Waals surface area contributed by atoms with Crippen molar-refractivity contribution in [2.45, 2.75) is 65.8 Å². The molecular formula is C18H34N2O. The number of hydrogen-bond acceptors (Lipinski definition) is 2. The van der Waals surface area contributed by atoms with E-state index in [0.29, 0.717) is 18.4 Å². The molecular weight excluding hydrogens is 260 g/mol. The molecule has 0 aromatic heterocycles. The number of likely N-dealkylation sites (tertiary alicyclic amines) is 2. The van der Waals surface area contributed by atoms with Gasteiger partial charge in [-0.05, 0) is 56.5 Å². The van der Waals surface area contributed by atoms with Gasteiger partial charge in [-0.2, -0.15) is 0 Å². The lowest BCUT2D eigenvalue weighted by Gasteiger charge is -2.36. The smallest absolute Gasteiger partial charge is 0.222 e. The van der Waals surface area contributed by atoms with Crippen LogP contribution in [-0.2, 0) is 4.79 Å². The summed E-state index contributed by atoms with van der Waals surface area (Å²) in [4.78, 5) is 16.7. The third-order valence-corrected chi connectivity index (χ3v) is 5.68. The Labute approximate surface area is 131 Å². The van der Waals surface area contributed by atoms with Crippen molar-refractivity contribution < 1.29 is 4.79 Å². The van der Waals surface area contributed by atoms with Gasteiger partial charge in [0.1, 0.15) is 0 Å². The number of carbonyl (C=O) groups is 1. The second-order valence-corrected chi connectivity index (χ2v) is 7.03. The van der Waals surface area contributed by atoms with Crippen LogP contribution in [0, 0.1) is 17.8 Å². The number of amides is 1. The number of hydrogen-bond donors (Lipinski definition) is 0. The lowest BCUT2D eigenvalue weighted by Crippen LogP contribution is -2.43. The summed E-state index contributed by atoms with van der Waals surface area (Å²) in [6, 6.07) is 0.575. The fourth-order valence-corrected chi connectivity index (χ4v) is 4.37. The zero-order valence-corrected chi connectivity index (χ0v) is 14.5. The zero-order chi connectivity index (χ0) is 15.4. The van der Waals surface area contributed by atoms with Crippen molar-refractivity contribution in [1.29, 1.82) is 0 Å². The van der Waals surface area contributed by atoms with Gasteiger partial charge in [-0.15, -0.1) is 0 Å². The van der Waals surface area contributed by atoms with Crippen LogP contribution in [0.15, 0.2) is 0 Å². The molecule has 2 bridgehead atoms. The van der Waals surface area contributed by atoms with E-state index in [1.54, 1.807) is 0 Å². The van der Waals surface area contributed by atoms with Crippen LogP contribution in [-0.4, -0.2) is 47.9 Å². The first-order chi connectivity index (χ1) is 10.2. The van der Waals surface area contributed by atoms with E-state index in [2.05, 4.69) is 16.7 Å². The first kappa shape index (κ1) is 16.8. The van der Waals surface area contributed by atoms with E-state index in [1.165, 1.54) is 45.3 Å². The minimum absolute atomic E-state index is 0.373. The molecule has 2 saturated heterocycles. The highest BCUT2D eigenvalue weighted by Crippen LogP contribution is 2.42. The molecule has 1 amide bonds. The Hall–Kier alpha value is -0.570. The van der Waals surface area contributed by atoms with Crippen LogP contribution in [0.1, 0.15) is 59.8 Å². The van der Waals surface area contributed by atoms with Crippen LogP contribution in [0.25, 0.3) is 0 Å². The molecule has 3 nitrogen and oxygen atoms in total. The average molecular weight is 294 g/mol. The highest BCUT2D eigenvalue weighted by atomic mass is 16.2. The van der Waals surface area contributed by atoms with Gasteiger partial charge in [-0.25, -0.2) is 0 Å². The molecule has 0 N–H and O–H groups in total. The maximum absolute atomic E-state index is 11.9. The standard InChI is InChI=1S/C16H28N2O.C2H6/c1-3-16(19)18-11-14-9-15(18)8-13(14)10-17-6-4-12(2)5-7-17;1-2/h12-15H,3-11H2,1-2H3;1-2H3. The second-order valence-electron chi connectivity index (χ2n) is 7.03. The van der Waals surface area contributed by atoms with Gasteiger partial charge in [-0.3, -0.25) is 4.79 Å². The first-order valence-electron chi connectivity index (χ1n) is 9.19. The third-order valence-electron chi connectivity index (χ3n) is 5.68. The van der Waals surface area contributed by atoms with Crippen LogP contribution < -0.4 is 0 Å². The summed E-state index contributed by atoms with van der Waals surface area (Å²) in [7, 11) is 0. The summed E-state index contributed by atoms with van der Waals surface area (Å²) in [5, 5.41) is 0. The van der Waals surface area contributed by atoms with Crippen LogP contribution in [0.3, 0.4) is 0 Å². The van der Waals surface area contributed by atoms with Crippen LogP contribution >= 0.6 is 0 Å². The van der Waals surface area contributed by atoms with Crippen molar-refractivity contribution >= 4 is 5.91 Å². The predicted octanol–water partition coefficient (Wildman–Crippen LogP) is 3.39. The molecule has 3 unspecified atom stereocenters. The summed E-state index contributed by atoms with van der Waals surface area (Å²) in [6.07, 6.45) is 5.98. The Bertz CT molecular complexity index is 336. The molecule has 3 heteroatoms. The zero-order valence-electron chi connectivity index (χ0n) is 14.5. The highest BCUT2D eigenvalue weighted by molar-refractivity contribution is 5.76. The molecule has 21 heavy (non-hydrogen) atoms. The predicted molar refractivity (Wildman–Crippen MR) is 88.2 cm³/mol. The minimum atomic E-state index is 0.373. The molecule has 1 aliphatic carbocycles. The van der Waals surface area contributed by atoms with Gasteiger partial charge in [0.25, 0.3) is 0 Å². The number of fused-ring (bicyclic) bond motifs is 2. The number of rotatable bonds is 3. The molecule has 2 heterocycles. The highest BCUT2D eigenvalue weighted by Gasteiger charge is 2.46. The van der Waals surface area contributed by atoms with Crippen molar-refractivity contribution in [1.82, 2.24) is 9.80 Å². The van der Waals surface area contributed by atoms with Crippen LogP contribution in [0.2, 0.25) is 0 Å². The number of nitrogens with zero attached hydrogens (tertiary/aromatic N) is 2. The molecule has 2 aliphatic heterocycles. The van der Waals surface area contributed by atoms with Gasteiger partial charge in [-0.1, -0.05) is 27.7 Å². The normalized spacial score (nSPS) is 33.0. The van der Waals surface area contributed by atoms with Crippen molar-refractivity contribution in [2.75, 3.05) is 26.2 Å². The fourth-order valence-electron chi connectivity index (χ4n) is 4.37. The molecule has 0 radical (unpaired) electrons. The van der Waals surface area contributed by atoms with Gasteiger partial charge in [0.2, 0.25) is 5.91 Å². The largest absolute Gasteiger partial charge is 0.339 e. The van der Waals surface area contributed by atoms with Crippen molar-refractivity contribution in [2.24, 2.45) is 17.8 Å². The van der Waals surface area contributed by atoms with Crippen molar-refractivity contribution in [3.63, 3.8) is 0 Å². The van der Waals surface area contributed by atoms with E-state index in [4.69, 9.17) is 0 Å². The summed E-state index contributed by atoms with van der Waals surface area (Å²) in [5.41, 5.74) is 0.